The van der Waals surface area contributed by atoms with Gasteiger partial charge in [0, 0.05) is 5.69 Å². The SMILES string of the molecule is Cc1ccc(-c2ccc(N3c4ccccc4Oc4ccccc43)cc2)cc1. The fourth-order valence-electron chi connectivity index (χ4n) is 3.53. The minimum Gasteiger partial charge on any atom is -0.453 e. The summed E-state index contributed by atoms with van der Waals surface area (Å²) in [5.41, 5.74) is 6.95. The molecule has 1 aliphatic heterocycles. The number of nitrogens with zero attached hydrogens (tertiary/aromatic N) is 1. The van der Waals surface area contributed by atoms with Gasteiger partial charge in [-0.2, -0.15) is 0 Å². The number of ether oxygens (including phenoxy) is 1. The van der Waals surface area contributed by atoms with Crippen LogP contribution in [0.2, 0.25) is 0 Å². The van der Waals surface area contributed by atoms with E-state index in [0.717, 1.165) is 28.6 Å². The van der Waals surface area contributed by atoms with Gasteiger partial charge in [-0.1, -0.05) is 66.2 Å². The molecule has 0 N–H and O–H groups in total. The first kappa shape index (κ1) is 15.7. The highest BCUT2D eigenvalue weighted by molar-refractivity contribution is 5.86. The fourth-order valence-corrected chi connectivity index (χ4v) is 3.53. The molecule has 0 aromatic heterocycles. The minimum absolute atomic E-state index is 0.874. The third-order valence-electron chi connectivity index (χ3n) is 4.94. The maximum atomic E-state index is 6.09. The number of para-hydroxylation sites is 4. The van der Waals surface area contributed by atoms with Crippen LogP contribution in [0.3, 0.4) is 0 Å². The van der Waals surface area contributed by atoms with E-state index in [1.54, 1.807) is 0 Å². The van der Waals surface area contributed by atoms with Gasteiger partial charge in [-0.25, -0.2) is 0 Å². The quantitative estimate of drug-likeness (QED) is 0.333. The molecule has 0 saturated carbocycles. The van der Waals surface area contributed by atoms with Gasteiger partial charge in [-0.3, -0.25) is 0 Å². The van der Waals surface area contributed by atoms with Crippen LogP contribution >= 0.6 is 0 Å². The Morgan fingerprint density at radius 3 is 1.59 bits per heavy atom. The van der Waals surface area contributed by atoms with Crippen molar-refractivity contribution in [3.05, 3.63) is 103 Å². The van der Waals surface area contributed by atoms with Crippen LogP contribution in [0.1, 0.15) is 5.56 Å². The van der Waals surface area contributed by atoms with Crippen LogP contribution < -0.4 is 9.64 Å². The van der Waals surface area contributed by atoms with Crippen LogP contribution in [0.5, 0.6) is 11.5 Å². The third-order valence-corrected chi connectivity index (χ3v) is 4.94. The minimum atomic E-state index is 0.874. The molecule has 0 atom stereocenters. The second-order valence-corrected chi connectivity index (χ2v) is 6.79. The van der Waals surface area contributed by atoms with Crippen molar-refractivity contribution < 1.29 is 4.74 Å². The molecule has 0 spiro atoms. The molecule has 0 amide bonds. The van der Waals surface area contributed by atoms with Crippen molar-refractivity contribution >= 4 is 17.1 Å². The molecule has 0 radical (unpaired) electrons. The molecule has 0 aliphatic carbocycles. The highest BCUT2D eigenvalue weighted by atomic mass is 16.5. The molecule has 0 saturated heterocycles. The van der Waals surface area contributed by atoms with E-state index in [1.165, 1.54) is 16.7 Å². The summed E-state index contributed by atoms with van der Waals surface area (Å²) in [5, 5.41) is 0. The molecule has 0 unspecified atom stereocenters. The number of aryl methyl sites for hydroxylation is 1. The Morgan fingerprint density at radius 1 is 0.556 bits per heavy atom. The summed E-state index contributed by atoms with van der Waals surface area (Å²) in [7, 11) is 0. The fraction of sp³-hybridized carbons (Fsp3) is 0.0400. The predicted octanol–water partition coefficient (Wildman–Crippen LogP) is 7.24. The Balaban J connectivity index is 1.59. The Labute approximate surface area is 159 Å². The summed E-state index contributed by atoms with van der Waals surface area (Å²) < 4.78 is 6.09. The lowest BCUT2D eigenvalue weighted by molar-refractivity contribution is 0.477. The molecule has 1 heterocycles. The Hall–Kier alpha value is -3.52. The number of hydrogen-bond acceptors (Lipinski definition) is 2. The van der Waals surface area contributed by atoms with E-state index >= 15 is 0 Å². The van der Waals surface area contributed by atoms with Gasteiger partial charge in [0.2, 0.25) is 0 Å². The largest absolute Gasteiger partial charge is 0.453 e. The number of anilines is 3. The molecule has 2 nitrogen and oxygen atoms in total. The van der Waals surface area contributed by atoms with E-state index in [2.05, 4.69) is 72.5 Å². The van der Waals surface area contributed by atoms with Gasteiger partial charge in [0.1, 0.15) is 0 Å². The maximum absolute atomic E-state index is 6.09. The van der Waals surface area contributed by atoms with Gasteiger partial charge < -0.3 is 9.64 Å². The number of benzene rings is 4. The zero-order chi connectivity index (χ0) is 18.2. The van der Waals surface area contributed by atoms with Crippen molar-refractivity contribution in [3.63, 3.8) is 0 Å². The topological polar surface area (TPSA) is 12.5 Å². The molecule has 27 heavy (non-hydrogen) atoms. The lowest BCUT2D eigenvalue weighted by Gasteiger charge is -2.32. The molecule has 0 fully saturated rings. The van der Waals surface area contributed by atoms with Crippen LogP contribution in [0, 0.1) is 6.92 Å². The lowest BCUT2D eigenvalue weighted by Crippen LogP contribution is -2.15. The molecule has 5 rings (SSSR count). The van der Waals surface area contributed by atoms with Crippen molar-refractivity contribution in [1.29, 1.82) is 0 Å². The number of fused-ring (bicyclic) bond motifs is 2. The van der Waals surface area contributed by atoms with Crippen LogP contribution in [-0.4, -0.2) is 0 Å². The normalized spacial score (nSPS) is 12.1. The summed E-state index contributed by atoms with van der Waals surface area (Å²) in [5.74, 6) is 1.75. The third kappa shape index (κ3) is 2.76. The second-order valence-electron chi connectivity index (χ2n) is 6.79. The van der Waals surface area contributed by atoms with Crippen molar-refractivity contribution in [2.75, 3.05) is 4.90 Å². The summed E-state index contributed by atoms with van der Waals surface area (Å²) in [6.45, 7) is 2.11. The van der Waals surface area contributed by atoms with Gasteiger partial charge in [-0.05, 0) is 54.4 Å². The summed E-state index contributed by atoms with van der Waals surface area (Å²) in [6, 6.07) is 33.7. The molecule has 1 aliphatic rings. The smallest absolute Gasteiger partial charge is 0.151 e. The summed E-state index contributed by atoms with van der Waals surface area (Å²) in [6.07, 6.45) is 0. The van der Waals surface area contributed by atoms with E-state index in [9.17, 15) is 0 Å². The Morgan fingerprint density at radius 2 is 1.04 bits per heavy atom. The van der Waals surface area contributed by atoms with E-state index < -0.39 is 0 Å². The molecule has 4 aromatic rings. The zero-order valence-corrected chi connectivity index (χ0v) is 15.1. The first-order valence-corrected chi connectivity index (χ1v) is 9.13. The van der Waals surface area contributed by atoms with E-state index in [4.69, 9.17) is 4.74 Å². The highest BCUT2D eigenvalue weighted by Crippen LogP contribution is 2.50. The van der Waals surface area contributed by atoms with Crippen LogP contribution in [0.15, 0.2) is 97.1 Å². The average Bonchev–Trinajstić information content (AvgIpc) is 2.73. The molecule has 0 bridgehead atoms. The van der Waals surface area contributed by atoms with Gasteiger partial charge in [0.05, 0.1) is 11.4 Å². The van der Waals surface area contributed by atoms with Crippen LogP contribution in [0.25, 0.3) is 11.1 Å². The average molecular weight is 349 g/mol. The van der Waals surface area contributed by atoms with E-state index in [1.807, 2.05) is 36.4 Å². The lowest BCUT2D eigenvalue weighted by atomic mass is 10.0. The molecular formula is C25H19NO. The summed E-state index contributed by atoms with van der Waals surface area (Å²) >= 11 is 0. The summed E-state index contributed by atoms with van der Waals surface area (Å²) in [4.78, 5) is 2.26. The van der Waals surface area contributed by atoms with Gasteiger partial charge in [-0.15, -0.1) is 0 Å². The van der Waals surface area contributed by atoms with Crippen LogP contribution in [0.4, 0.5) is 17.1 Å². The monoisotopic (exact) mass is 349 g/mol. The number of rotatable bonds is 2. The Kier molecular flexibility index (Phi) is 3.68. The second kappa shape index (κ2) is 6.33. The highest BCUT2D eigenvalue weighted by Gasteiger charge is 2.24. The first-order valence-electron chi connectivity index (χ1n) is 9.13. The van der Waals surface area contributed by atoms with Crippen molar-refractivity contribution in [1.82, 2.24) is 0 Å². The van der Waals surface area contributed by atoms with Gasteiger partial charge in [0.15, 0.2) is 11.5 Å². The van der Waals surface area contributed by atoms with Gasteiger partial charge >= 0.3 is 0 Å². The Bertz CT molecular complexity index is 1050. The van der Waals surface area contributed by atoms with Crippen molar-refractivity contribution in [2.45, 2.75) is 6.92 Å². The van der Waals surface area contributed by atoms with Crippen molar-refractivity contribution in [2.24, 2.45) is 0 Å². The van der Waals surface area contributed by atoms with E-state index in [-0.39, 0.29) is 0 Å². The number of hydrogen-bond donors (Lipinski definition) is 0. The predicted molar refractivity (Wildman–Crippen MR) is 111 cm³/mol. The molecule has 2 heteroatoms. The molecule has 4 aromatic carbocycles. The standard InChI is InChI=1S/C25H19NO/c1-18-10-12-19(13-11-18)20-14-16-21(17-15-20)26-22-6-2-4-8-24(22)27-25-9-5-3-7-23(25)26/h2-17H,1H3. The first-order chi connectivity index (χ1) is 13.3. The molecule has 130 valence electrons. The van der Waals surface area contributed by atoms with Gasteiger partial charge in [0.25, 0.3) is 0 Å². The maximum Gasteiger partial charge on any atom is 0.151 e. The molecular weight excluding hydrogens is 330 g/mol. The van der Waals surface area contributed by atoms with Crippen molar-refractivity contribution in [3.8, 4) is 22.6 Å². The van der Waals surface area contributed by atoms with E-state index in [0.29, 0.717) is 0 Å². The zero-order valence-electron chi connectivity index (χ0n) is 15.1. The van der Waals surface area contributed by atoms with Crippen LogP contribution in [-0.2, 0) is 0 Å².